The number of amides is 1. The molecule has 6 nitrogen and oxygen atoms in total. The molecular formula is C20H22FN3O3. The number of nitro benzene ring substituents is 1. The fraction of sp³-hybridized carbons (Fsp3) is 0.350. The van der Waals surface area contributed by atoms with E-state index in [1.54, 1.807) is 12.1 Å². The first-order valence-corrected chi connectivity index (χ1v) is 9.03. The van der Waals surface area contributed by atoms with E-state index < -0.39 is 4.92 Å². The minimum Gasteiger partial charge on any atom is -0.337 e. The van der Waals surface area contributed by atoms with Gasteiger partial charge in [-0.25, -0.2) is 4.39 Å². The molecule has 0 atom stereocenters. The number of benzene rings is 2. The van der Waals surface area contributed by atoms with E-state index >= 15 is 0 Å². The largest absolute Gasteiger partial charge is 0.337 e. The number of nitrogens with zero attached hydrogens (tertiary/aromatic N) is 3. The molecule has 1 aliphatic heterocycles. The Morgan fingerprint density at radius 3 is 2.37 bits per heavy atom. The first kappa shape index (κ1) is 19.0. The standard InChI is InChI=1S/C20H22FN3O3/c21-18-6-4-17(5-7-18)20(25)23-12-1-11-22(14-15-23)13-10-16-2-8-19(9-3-16)24(26)27/h2-9H,1,10-15H2. The number of halogens is 1. The Kier molecular flexibility index (Phi) is 6.13. The number of carbonyl (C=O) groups excluding carboxylic acids is 1. The third-order valence-corrected chi connectivity index (χ3v) is 4.83. The van der Waals surface area contributed by atoms with Gasteiger partial charge in [-0.2, -0.15) is 0 Å². The maximum absolute atomic E-state index is 13.0. The molecule has 27 heavy (non-hydrogen) atoms. The van der Waals surface area contributed by atoms with E-state index in [0.29, 0.717) is 18.7 Å². The van der Waals surface area contributed by atoms with Gasteiger partial charge in [0.2, 0.25) is 0 Å². The molecule has 1 amide bonds. The molecule has 0 spiro atoms. The van der Waals surface area contributed by atoms with Gasteiger partial charge in [-0.1, -0.05) is 12.1 Å². The quantitative estimate of drug-likeness (QED) is 0.598. The van der Waals surface area contributed by atoms with E-state index in [0.717, 1.165) is 38.0 Å². The molecule has 0 N–H and O–H groups in total. The van der Waals surface area contributed by atoms with Crippen LogP contribution in [0.3, 0.4) is 0 Å². The maximum Gasteiger partial charge on any atom is 0.269 e. The molecule has 0 radical (unpaired) electrons. The van der Waals surface area contributed by atoms with Crippen LogP contribution in [-0.4, -0.2) is 53.4 Å². The lowest BCUT2D eigenvalue weighted by molar-refractivity contribution is -0.384. The molecule has 0 aliphatic carbocycles. The van der Waals surface area contributed by atoms with Gasteiger partial charge in [0.1, 0.15) is 5.82 Å². The smallest absolute Gasteiger partial charge is 0.269 e. The molecule has 0 bridgehead atoms. The molecule has 0 unspecified atom stereocenters. The van der Waals surface area contributed by atoms with Gasteiger partial charge < -0.3 is 9.80 Å². The van der Waals surface area contributed by atoms with Crippen LogP contribution in [0.4, 0.5) is 10.1 Å². The molecule has 1 aliphatic rings. The molecular weight excluding hydrogens is 349 g/mol. The highest BCUT2D eigenvalue weighted by Crippen LogP contribution is 2.14. The molecule has 142 valence electrons. The Morgan fingerprint density at radius 2 is 1.70 bits per heavy atom. The highest BCUT2D eigenvalue weighted by Gasteiger charge is 2.20. The van der Waals surface area contributed by atoms with Crippen LogP contribution in [0.5, 0.6) is 0 Å². The first-order chi connectivity index (χ1) is 13.0. The summed E-state index contributed by atoms with van der Waals surface area (Å²) in [4.78, 5) is 27.0. The van der Waals surface area contributed by atoms with Crippen molar-refractivity contribution in [2.75, 3.05) is 32.7 Å². The lowest BCUT2D eigenvalue weighted by atomic mass is 10.1. The Bertz CT molecular complexity index is 793. The summed E-state index contributed by atoms with van der Waals surface area (Å²) in [6.07, 6.45) is 1.69. The van der Waals surface area contributed by atoms with Gasteiger partial charge in [0.25, 0.3) is 11.6 Å². The van der Waals surface area contributed by atoms with Crippen LogP contribution < -0.4 is 0 Å². The van der Waals surface area contributed by atoms with Crippen molar-refractivity contribution in [1.82, 2.24) is 9.80 Å². The van der Waals surface area contributed by atoms with Crippen molar-refractivity contribution in [3.05, 3.63) is 75.6 Å². The van der Waals surface area contributed by atoms with E-state index in [2.05, 4.69) is 4.90 Å². The zero-order valence-electron chi connectivity index (χ0n) is 15.0. The Hall–Kier alpha value is -2.80. The topological polar surface area (TPSA) is 66.7 Å². The fourth-order valence-corrected chi connectivity index (χ4v) is 3.24. The number of nitro groups is 1. The lowest BCUT2D eigenvalue weighted by Crippen LogP contribution is -2.35. The van der Waals surface area contributed by atoms with Crippen LogP contribution in [-0.2, 0) is 6.42 Å². The summed E-state index contributed by atoms with van der Waals surface area (Å²) in [5.41, 5.74) is 1.67. The highest BCUT2D eigenvalue weighted by atomic mass is 19.1. The van der Waals surface area contributed by atoms with Gasteiger partial charge in [0, 0.05) is 43.9 Å². The number of rotatable bonds is 5. The van der Waals surface area contributed by atoms with Gasteiger partial charge in [-0.05, 0) is 49.2 Å². The Balaban J connectivity index is 1.51. The second kappa shape index (κ2) is 8.73. The molecule has 1 saturated heterocycles. The van der Waals surface area contributed by atoms with Gasteiger partial charge in [0.15, 0.2) is 0 Å². The summed E-state index contributed by atoms with van der Waals surface area (Å²) >= 11 is 0. The summed E-state index contributed by atoms with van der Waals surface area (Å²) in [7, 11) is 0. The lowest BCUT2D eigenvalue weighted by Gasteiger charge is -2.22. The second-order valence-electron chi connectivity index (χ2n) is 6.67. The summed E-state index contributed by atoms with van der Waals surface area (Å²) in [5.74, 6) is -0.410. The summed E-state index contributed by atoms with van der Waals surface area (Å²) < 4.78 is 13.0. The van der Waals surface area contributed by atoms with Crippen LogP contribution >= 0.6 is 0 Å². The molecule has 0 saturated carbocycles. The number of hydrogen-bond donors (Lipinski definition) is 0. The second-order valence-corrected chi connectivity index (χ2v) is 6.67. The van der Waals surface area contributed by atoms with Crippen LogP contribution in [0.15, 0.2) is 48.5 Å². The monoisotopic (exact) mass is 371 g/mol. The van der Waals surface area contributed by atoms with Crippen LogP contribution in [0.2, 0.25) is 0 Å². The summed E-state index contributed by atoms with van der Waals surface area (Å²) in [6, 6.07) is 12.3. The predicted molar refractivity (Wildman–Crippen MR) is 100 cm³/mol. The third kappa shape index (κ3) is 5.10. The summed E-state index contributed by atoms with van der Waals surface area (Å²) in [6.45, 7) is 3.84. The predicted octanol–water partition coefficient (Wildman–Crippen LogP) is 3.12. The molecule has 1 fully saturated rings. The average Bonchev–Trinajstić information content (AvgIpc) is 2.92. The molecule has 3 rings (SSSR count). The average molecular weight is 371 g/mol. The van der Waals surface area contributed by atoms with Crippen molar-refractivity contribution in [3.63, 3.8) is 0 Å². The van der Waals surface area contributed by atoms with Crippen molar-refractivity contribution in [2.45, 2.75) is 12.8 Å². The SMILES string of the molecule is O=C(c1ccc(F)cc1)N1CCCN(CCc2ccc([N+](=O)[O-])cc2)CC1. The van der Waals surface area contributed by atoms with Crippen LogP contribution in [0, 0.1) is 15.9 Å². The summed E-state index contributed by atoms with van der Waals surface area (Å²) in [5, 5.41) is 10.7. The first-order valence-electron chi connectivity index (χ1n) is 9.03. The van der Waals surface area contributed by atoms with Crippen LogP contribution in [0.1, 0.15) is 22.3 Å². The maximum atomic E-state index is 13.0. The zero-order chi connectivity index (χ0) is 19.2. The normalized spacial score (nSPS) is 15.4. The van der Waals surface area contributed by atoms with Gasteiger partial charge in [-0.3, -0.25) is 14.9 Å². The number of carbonyl (C=O) groups is 1. The van der Waals surface area contributed by atoms with E-state index in [1.807, 2.05) is 4.90 Å². The molecule has 2 aromatic rings. The van der Waals surface area contributed by atoms with E-state index in [-0.39, 0.29) is 17.4 Å². The minimum atomic E-state index is -0.398. The van der Waals surface area contributed by atoms with Crippen molar-refractivity contribution in [3.8, 4) is 0 Å². The molecule has 0 aromatic heterocycles. The molecule has 7 heteroatoms. The van der Waals surface area contributed by atoms with Gasteiger partial charge >= 0.3 is 0 Å². The Labute approximate surface area is 157 Å². The van der Waals surface area contributed by atoms with Crippen molar-refractivity contribution >= 4 is 11.6 Å². The van der Waals surface area contributed by atoms with E-state index in [1.165, 1.54) is 36.4 Å². The Morgan fingerprint density at radius 1 is 1.00 bits per heavy atom. The molecule has 2 aromatic carbocycles. The number of hydrogen-bond acceptors (Lipinski definition) is 4. The van der Waals surface area contributed by atoms with Crippen LogP contribution in [0.25, 0.3) is 0 Å². The van der Waals surface area contributed by atoms with Gasteiger partial charge in [0.05, 0.1) is 4.92 Å². The molecule has 1 heterocycles. The third-order valence-electron chi connectivity index (χ3n) is 4.83. The van der Waals surface area contributed by atoms with Crippen molar-refractivity contribution in [2.24, 2.45) is 0 Å². The fourth-order valence-electron chi connectivity index (χ4n) is 3.24. The van der Waals surface area contributed by atoms with E-state index in [4.69, 9.17) is 0 Å². The number of non-ortho nitro benzene ring substituents is 1. The van der Waals surface area contributed by atoms with Gasteiger partial charge in [-0.15, -0.1) is 0 Å². The van der Waals surface area contributed by atoms with Crippen molar-refractivity contribution in [1.29, 1.82) is 0 Å². The minimum absolute atomic E-state index is 0.0628. The van der Waals surface area contributed by atoms with E-state index in [9.17, 15) is 19.3 Å². The zero-order valence-corrected chi connectivity index (χ0v) is 15.0. The van der Waals surface area contributed by atoms with Crippen molar-refractivity contribution < 1.29 is 14.1 Å². The highest BCUT2D eigenvalue weighted by molar-refractivity contribution is 5.94.